The molecule has 5 heteroatoms. The fraction of sp³-hybridized carbons (Fsp3) is 0.950. The van der Waals surface area contributed by atoms with E-state index in [1.54, 1.807) is 0 Å². The number of hydrogen-bond donors (Lipinski definition) is 0. The number of rotatable bonds is 52. The van der Waals surface area contributed by atoms with E-state index in [0.29, 0.717) is 55.5 Å². The molecule has 0 aliphatic rings. The fourth-order valence-electron chi connectivity index (χ4n) is 10.1. The molecule has 5 nitrogen and oxygen atoms in total. The first-order valence-corrected chi connectivity index (χ1v) is 29.6. The molecule has 0 saturated carbocycles. The van der Waals surface area contributed by atoms with Crippen LogP contribution in [0.5, 0.6) is 0 Å². The number of Topliss-reactive ketones (excluding diaryl/α,β-unsaturated/α-hetero) is 1. The first-order chi connectivity index (χ1) is 31.7. The van der Waals surface area contributed by atoms with Gasteiger partial charge in [0.25, 0.3) is 0 Å². The van der Waals surface area contributed by atoms with Gasteiger partial charge in [0.2, 0.25) is 0 Å². The molecule has 0 aromatic rings. The third-order valence-electron chi connectivity index (χ3n) is 14.5. The molecule has 0 aromatic heterocycles. The van der Waals surface area contributed by atoms with Crippen molar-refractivity contribution in [3.05, 3.63) is 0 Å². The van der Waals surface area contributed by atoms with Crippen LogP contribution in [0.2, 0.25) is 0 Å². The number of unbranched alkanes of at least 4 members (excludes halogenated alkanes) is 24. The Morgan fingerprint density at radius 2 is 0.631 bits per heavy atom. The van der Waals surface area contributed by atoms with Crippen LogP contribution in [0.4, 0.5) is 0 Å². The van der Waals surface area contributed by atoms with E-state index in [-0.39, 0.29) is 17.9 Å². The molecule has 386 valence electrons. The fourth-order valence-corrected chi connectivity index (χ4v) is 10.1. The monoisotopic (exact) mass is 917 g/mol. The van der Waals surface area contributed by atoms with Crippen molar-refractivity contribution >= 4 is 17.7 Å². The van der Waals surface area contributed by atoms with E-state index in [0.717, 1.165) is 83.5 Å². The Balaban J connectivity index is 5.29. The van der Waals surface area contributed by atoms with Gasteiger partial charge in [-0.3, -0.25) is 14.4 Å². The number of hydrogen-bond acceptors (Lipinski definition) is 5. The van der Waals surface area contributed by atoms with Gasteiger partial charge in [0.1, 0.15) is 5.78 Å². The largest absolute Gasteiger partial charge is 0.465 e. The smallest absolute Gasteiger partial charge is 0.305 e. The molecule has 0 radical (unpaired) electrons. The second-order valence-corrected chi connectivity index (χ2v) is 21.4. The van der Waals surface area contributed by atoms with E-state index in [4.69, 9.17) is 9.47 Å². The molecule has 0 N–H and O–H groups in total. The maximum atomic E-state index is 14.0. The number of ether oxygens (including phenoxy) is 2. The lowest BCUT2D eigenvalue weighted by molar-refractivity contribution is -0.146. The zero-order chi connectivity index (χ0) is 47.9. The molecule has 0 bridgehead atoms. The molecule has 0 aliphatic carbocycles. The second-order valence-electron chi connectivity index (χ2n) is 21.4. The van der Waals surface area contributed by atoms with Crippen LogP contribution < -0.4 is 0 Å². The normalized spacial score (nSPS) is 13.5. The van der Waals surface area contributed by atoms with Crippen LogP contribution in [-0.4, -0.2) is 30.9 Å². The highest BCUT2D eigenvalue weighted by atomic mass is 16.5. The third-order valence-corrected chi connectivity index (χ3v) is 14.5. The SMILES string of the molecule is CCCCCCCCC(CCCCCC)COC(=O)CCCCCC(CCCCCC(=O)OCC(CCCCCC)CCCCCCCC)C(CCCC(C)C)C(=O)CCCCCCC. The minimum absolute atomic E-state index is 0.0216. The van der Waals surface area contributed by atoms with Crippen LogP contribution in [0.1, 0.15) is 325 Å². The summed E-state index contributed by atoms with van der Waals surface area (Å²) in [5.74, 6) is 2.63. The highest BCUT2D eigenvalue weighted by Gasteiger charge is 2.27. The molecule has 0 aromatic carbocycles. The molecule has 0 spiro atoms. The maximum absolute atomic E-state index is 14.0. The summed E-state index contributed by atoms with van der Waals surface area (Å²) >= 11 is 0. The summed E-state index contributed by atoms with van der Waals surface area (Å²) in [5.41, 5.74) is 0. The van der Waals surface area contributed by atoms with Crippen molar-refractivity contribution in [2.75, 3.05) is 13.2 Å². The van der Waals surface area contributed by atoms with Gasteiger partial charge >= 0.3 is 11.9 Å². The summed E-state index contributed by atoms with van der Waals surface area (Å²) in [7, 11) is 0. The van der Waals surface area contributed by atoms with Crippen LogP contribution in [0.15, 0.2) is 0 Å². The Morgan fingerprint density at radius 3 is 1.02 bits per heavy atom. The first-order valence-electron chi connectivity index (χ1n) is 29.6. The predicted octanol–water partition coefficient (Wildman–Crippen LogP) is 19.6. The maximum Gasteiger partial charge on any atom is 0.305 e. The highest BCUT2D eigenvalue weighted by Crippen LogP contribution is 2.32. The lowest BCUT2D eigenvalue weighted by atomic mass is 9.77. The Bertz CT molecular complexity index is 965. The van der Waals surface area contributed by atoms with Gasteiger partial charge in [0.05, 0.1) is 13.2 Å². The summed E-state index contributed by atoms with van der Waals surface area (Å²) in [4.78, 5) is 40.0. The molecule has 0 heterocycles. The Morgan fingerprint density at radius 1 is 0.323 bits per heavy atom. The molecule has 3 atom stereocenters. The van der Waals surface area contributed by atoms with E-state index in [9.17, 15) is 14.4 Å². The van der Waals surface area contributed by atoms with Gasteiger partial charge in [0, 0.05) is 25.2 Å². The van der Waals surface area contributed by atoms with Crippen LogP contribution in [0.25, 0.3) is 0 Å². The molecule has 0 rings (SSSR count). The van der Waals surface area contributed by atoms with Crippen LogP contribution in [-0.2, 0) is 23.9 Å². The Kier molecular flexibility index (Phi) is 48.0. The lowest BCUT2D eigenvalue weighted by Gasteiger charge is -2.27. The van der Waals surface area contributed by atoms with Gasteiger partial charge in [-0.1, -0.05) is 241 Å². The van der Waals surface area contributed by atoms with Crippen LogP contribution >= 0.6 is 0 Å². The predicted molar refractivity (Wildman–Crippen MR) is 283 cm³/mol. The van der Waals surface area contributed by atoms with E-state index < -0.39 is 0 Å². The number of carbonyl (C=O) groups is 3. The first kappa shape index (κ1) is 63.6. The van der Waals surface area contributed by atoms with Gasteiger partial charge in [0.15, 0.2) is 0 Å². The standard InChI is InChI=1S/C60H116O5/c1-8-13-18-23-26-32-43-54(41-30-21-16-11-4)51-64-59(62)49-37-28-34-45-56(57(47-39-40-53(6)7)58(61)48-36-25-20-15-10-3)46-35-29-38-50-60(63)65-52-55(42-31-22-17-12-5)44-33-27-24-19-14-9-2/h53-57H,8-52H2,1-7H3. The van der Waals surface area contributed by atoms with Crippen molar-refractivity contribution < 1.29 is 23.9 Å². The van der Waals surface area contributed by atoms with Crippen molar-refractivity contribution in [1.82, 2.24) is 0 Å². The van der Waals surface area contributed by atoms with Gasteiger partial charge in [-0.2, -0.15) is 0 Å². The molecule has 0 amide bonds. The van der Waals surface area contributed by atoms with Crippen LogP contribution in [0, 0.1) is 29.6 Å². The summed E-state index contributed by atoms with van der Waals surface area (Å²) in [6, 6.07) is 0. The zero-order valence-electron chi connectivity index (χ0n) is 45.2. The molecule has 65 heavy (non-hydrogen) atoms. The molecule has 3 unspecified atom stereocenters. The minimum Gasteiger partial charge on any atom is -0.465 e. The van der Waals surface area contributed by atoms with Gasteiger partial charge in [-0.05, 0) is 87.9 Å². The topological polar surface area (TPSA) is 69.7 Å². The van der Waals surface area contributed by atoms with Crippen molar-refractivity contribution in [2.24, 2.45) is 29.6 Å². The molecule has 0 saturated heterocycles. The molecule has 0 fully saturated rings. The van der Waals surface area contributed by atoms with Gasteiger partial charge < -0.3 is 9.47 Å². The molecular weight excluding hydrogens is 801 g/mol. The average Bonchev–Trinajstić information content (AvgIpc) is 3.29. The lowest BCUT2D eigenvalue weighted by Crippen LogP contribution is -2.25. The van der Waals surface area contributed by atoms with E-state index in [1.807, 2.05) is 0 Å². The number of esters is 2. The molecule has 0 aliphatic heterocycles. The van der Waals surface area contributed by atoms with Gasteiger partial charge in [-0.15, -0.1) is 0 Å². The average molecular weight is 918 g/mol. The quantitative estimate of drug-likeness (QED) is 0.0449. The summed E-state index contributed by atoms with van der Waals surface area (Å²) in [6.45, 7) is 17.1. The molecular formula is C60H116O5. The summed E-state index contributed by atoms with van der Waals surface area (Å²) < 4.78 is 11.9. The highest BCUT2D eigenvalue weighted by molar-refractivity contribution is 5.81. The van der Waals surface area contributed by atoms with Crippen molar-refractivity contribution in [1.29, 1.82) is 0 Å². The second kappa shape index (κ2) is 49.0. The minimum atomic E-state index is -0.0216. The Labute approximate surface area is 407 Å². The third kappa shape index (κ3) is 42.4. The number of ketones is 1. The Hall–Kier alpha value is -1.39. The van der Waals surface area contributed by atoms with Crippen LogP contribution in [0.3, 0.4) is 0 Å². The van der Waals surface area contributed by atoms with Gasteiger partial charge in [-0.25, -0.2) is 0 Å². The number of carbonyl (C=O) groups excluding carboxylic acids is 3. The van der Waals surface area contributed by atoms with Crippen molar-refractivity contribution in [3.8, 4) is 0 Å². The van der Waals surface area contributed by atoms with E-state index in [1.165, 1.54) is 180 Å². The van der Waals surface area contributed by atoms with E-state index >= 15 is 0 Å². The van der Waals surface area contributed by atoms with Crippen molar-refractivity contribution in [2.45, 2.75) is 325 Å². The summed E-state index contributed by atoms with van der Waals surface area (Å²) in [6.07, 6.45) is 49.6. The van der Waals surface area contributed by atoms with Crippen molar-refractivity contribution in [3.63, 3.8) is 0 Å². The summed E-state index contributed by atoms with van der Waals surface area (Å²) in [5, 5.41) is 0. The van der Waals surface area contributed by atoms with E-state index in [2.05, 4.69) is 48.5 Å². The zero-order valence-corrected chi connectivity index (χ0v) is 45.2.